The standard InChI is InChI=1S/C23H24N4OS/c1-29-21-10-4-17(5-11-21)14-24-22(28)19-8-6-18(7-9-19)20-15-25-23(26-16-20)27-12-2-3-13-27/h4-11,15-16H,2-3,12-14H2,1H3,(H,24,28). The lowest BCUT2D eigenvalue weighted by molar-refractivity contribution is 0.0951. The molecule has 3 aromatic rings. The summed E-state index contributed by atoms with van der Waals surface area (Å²) < 4.78 is 0. The van der Waals surface area contributed by atoms with Crippen molar-refractivity contribution in [3.05, 3.63) is 72.1 Å². The normalized spacial score (nSPS) is 13.5. The van der Waals surface area contributed by atoms with Crippen molar-refractivity contribution < 1.29 is 4.79 Å². The average molecular weight is 405 g/mol. The summed E-state index contributed by atoms with van der Waals surface area (Å²) in [6, 6.07) is 15.8. The van der Waals surface area contributed by atoms with Crippen LogP contribution in [0.5, 0.6) is 0 Å². The molecule has 1 amide bonds. The Morgan fingerprint density at radius 1 is 0.966 bits per heavy atom. The van der Waals surface area contributed by atoms with Crippen LogP contribution >= 0.6 is 11.8 Å². The van der Waals surface area contributed by atoms with Crippen LogP contribution < -0.4 is 10.2 Å². The Bertz CT molecular complexity index is 950. The summed E-state index contributed by atoms with van der Waals surface area (Å²) in [6.07, 6.45) is 8.17. The molecular weight excluding hydrogens is 380 g/mol. The molecule has 0 atom stereocenters. The summed E-state index contributed by atoms with van der Waals surface area (Å²) in [5, 5.41) is 2.97. The van der Waals surface area contributed by atoms with Gasteiger partial charge in [0.2, 0.25) is 5.95 Å². The van der Waals surface area contributed by atoms with E-state index in [1.54, 1.807) is 11.8 Å². The van der Waals surface area contributed by atoms with E-state index in [0.29, 0.717) is 12.1 Å². The van der Waals surface area contributed by atoms with E-state index in [1.807, 2.05) is 48.8 Å². The predicted octanol–water partition coefficient (Wildman–Crippen LogP) is 4.40. The fourth-order valence-electron chi connectivity index (χ4n) is 3.39. The molecule has 0 spiro atoms. The number of hydrogen-bond acceptors (Lipinski definition) is 5. The fourth-order valence-corrected chi connectivity index (χ4v) is 3.80. The molecule has 0 bridgehead atoms. The zero-order valence-corrected chi connectivity index (χ0v) is 17.3. The minimum Gasteiger partial charge on any atom is -0.348 e. The Hall–Kier alpha value is -2.86. The number of nitrogens with one attached hydrogen (secondary N) is 1. The zero-order valence-electron chi connectivity index (χ0n) is 16.5. The van der Waals surface area contributed by atoms with Gasteiger partial charge in [-0.25, -0.2) is 9.97 Å². The van der Waals surface area contributed by atoms with Crippen molar-refractivity contribution >= 4 is 23.6 Å². The lowest BCUT2D eigenvalue weighted by Crippen LogP contribution is -2.22. The van der Waals surface area contributed by atoms with Crippen LogP contribution in [0.15, 0.2) is 65.8 Å². The van der Waals surface area contributed by atoms with E-state index in [4.69, 9.17) is 0 Å². The summed E-state index contributed by atoms with van der Waals surface area (Å²) in [4.78, 5) is 24.9. The molecule has 29 heavy (non-hydrogen) atoms. The van der Waals surface area contributed by atoms with Crippen LogP contribution in [-0.4, -0.2) is 35.2 Å². The monoisotopic (exact) mass is 404 g/mol. The van der Waals surface area contributed by atoms with Gasteiger partial charge < -0.3 is 10.2 Å². The number of carbonyl (C=O) groups is 1. The largest absolute Gasteiger partial charge is 0.348 e. The summed E-state index contributed by atoms with van der Waals surface area (Å²) >= 11 is 1.71. The highest BCUT2D eigenvalue weighted by Gasteiger charge is 2.14. The molecular formula is C23H24N4OS. The van der Waals surface area contributed by atoms with Crippen LogP contribution in [0.1, 0.15) is 28.8 Å². The molecule has 0 radical (unpaired) electrons. The molecule has 0 aliphatic carbocycles. The van der Waals surface area contributed by atoms with Gasteiger partial charge in [-0.2, -0.15) is 0 Å². The highest BCUT2D eigenvalue weighted by atomic mass is 32.2. The molecule has 1 aliphatic heterocycles. The van der Waals surface area contributed by atoms with Crippen molar-refractivity contribution in [1.29, 1.82) is 0 Å². The van der Waals surface area contributed by atoms with Crippen molar-refractivity contribution in [2.75, 3.05) is 24.2 Å². The molecule has 6 heteroatoms. The molecule has 1 saturated heterocycles. The molecule has 4 rings (SSSR count). The van der Waals surface area contributed by atoms with Gasteiger partial charge in [0, 0.05) is 48.1 Å². The van der Waals surface area contributed by atoms with Crippen LogP contribution in [0.4, 0.5) is 5.95 Å². The molecule has 1 aromatic heterocycles. The van der Waals surface area contributed by atoms with Crippen molar-refractivity contribution in [3.63, 3.8) is 0 Å². The molecule has 1 aliphatic rings. The van der Waals surface area contributed by atoms with Gasteiger partial charge in [-0.05, 0) is 54.5 Å². The summed E-state index contributed by atoms with van der Waals surface area (Å²) in [6.45, 7) is 2.58. The smallest absolute Gasteiger partial charge is 0.251 e. The van der Waals surface area contributed by atoms with Gasteiger partial charge in [0.1, 0.15) is 0 Å². The number of amides is 1. The second-order valence-corrected chi connectivity index (χ2v) is 7.95. The minimum atomic E-state index is -0.0777. The van der Waals surface area contributed by atoms with Gasteiger partial charge in [-0.15, -0.1) is 11.8 Å². The fraction of sp³-hybridized carbons (Fsp3) is 0.261. The van der Waals surface area contributed by atoms with Crippen LogP contribution in [0.3, 0.4) is 0 Å². The molecule has 1 fully saturated rings. The van der Waals surface area contributed by atoms with E-state index in [0.717, 1.165) is 35.7 Å². The van der Waals surface area contributed by atoms with E-state index in [1.165, 1.54) is 17.7 Å². The summed E-state index contributed by atoms with van der Waals surface area (Å²) in [7, 11) is 0. The highest BCUT2D eigenvalue weighted by Crippen LogP contribution is 2.21. The Morgan fingerprint density at radius 3 is 2.24 bits per heavy atom. The molecule has 2 aromatic carbocycles. The number of thioether (sulfide) groups is 1. The number of carbonyl (C=O) groups excluding carboxylic acids is 1. The molecule has 148 valence electrons. The predicted molar refractivity (Wildman–Crippen MR) is 118 cm³/mol. The Morgan fingerprint density at radius 2 is 1.62 bits per heavy atom. The number of nitrogens with zero attached hydrogens (tertiary/aromatic N) is 3. The molecule has 2 heterocycles. The van der Waals surface area contributed by atoms with E-state index >= 15 is 0 Å². The maximum absolute atomic E-state index is 12.4. The third-order valence-corrected chi connectivity index (χ3v) is 5.86. The topological polar surface area (TPSA) is 58.1 Å². The third-order valence-electron chi connectivity index (χ3n) is 5.12. The van der Waals surface area contributed by atoms with Crippen molar-refractivity contribution in [1.82, 2.24) is 15.3 Å². The first-order chi connectivity index (χ1) is 14.2. The maximum atomic E-state index is 12.4. The second kappa shape index (κ2) is 9.09. The van der Waals surface area contributed by atoms with Gasteiger partial charge in [-0.1, -0.05) is 24.3 Å². The maximum Gasteiger partial charge on any atom is 0.251 e. The Labute approximate surface area is 175 Å². The summed E-state index contributed by atoms with van der Waals surface area (Å²) in [5.41, 5.74) is 3.68. The van der Waals surface area contributed by atoms with E-state index in [9.17, 15) is 4.79 Å². The van der Waals surface area contributed by atoms with E-state index in [2.05, 4.69) is 38.6 Å². The first-order valence-electron chi connectivity index (χ1n) is 9.81. The second-order valence-electron chi connectivity index (χ2n) is 7.07. The van der Waals surface area contributed by atoms with E-state index < -0.39 is 0 Å². The minimum absolute atomic E-state index is 0.0777. The quantitative estimate of drug-likeness (QED) is 0.617. The number of benzene rings is 2. The first kappa shape index (κ1) is 19.5. The lowest BCUT2D eigenvalue weighted by Gasteiger charge is -2.14. The van der Waals surface area contributed by atoms with Gasteiger partial charge in [0.25, 0.3) is 5.91 Å². The van der Waals surface area contributed by atoms with Gasteiger partial charge in [0.15, 0.2) is 0 Å². The number of hydrogen-bond donors (Lipinski definition) is 1. The van der Waals surface area contributed by atoms with Crippen LogP contribution in [-0.2, 0) is 6.54 Å². The van der Waals surface area contributed by atoms with Crippen molar-refractivity contribution in [3.8, 4) is 11.1 Å². The Kier molecular flexibility index (Phi) is 6.10. The van der Waals surface area contributed by atoms with Crippen LogP contribution in [0, 0.1) is 0 Å². The first-order valence-corrected chi connectivity index (χ1v) is 11.0. The van der Waals surface area contributed by atoms with Crippen molar-refractivity contribution in [2.45, 2.75) is 24.3 Å². The van der Waals surface area contributed by atoms with Crippen LogP contribution in [0.2, 0.25) is 0 Å². The third kappa shape index (κ3) is 4.77. The molecule has 0 saturated carbocycles. The molecule has 1 N–H and O–H groups in total. The van der Waals surface area contributed by atoms with Gasteiger partial charge >= 0.3 is 0 Å². The number of rotatable bonds is 6. The Balaban J connectivity index is 1.37. The number of anilines is 1. The van der Waals surface area contributed by atoms with Gasteiger partial charge in [0.05, 0.1) is 0 Å². The van der Waals surface area contributed by atoms with Gasteiger partial charge in [-0.3, -0.25) is 4.79 Å². The molecule has 5 nitrogen and oxygen atoms in total. The SMILES string of the molecule is CSc1ccc(CNC(=O)c2ccc(-c3cnc(N4CCCC4)nc3)cc2)cc1. The molecule has 0 unspecified atom stereocenters. The highest BCUT2D eigenvalue weighted by molar-refractivity contribution is 7.98. The average Bonchev–Trinajstić information content (AvgIpc) is 3.33. The van der Waals surface area contributed by atoms with Crippen molar-refractivity contribution in [2.24, 2.45) is 0 Å². The zero-order chi connectivity index (χ0) is 20.1. The number of aromatic nitrogens is 2. The van der Waals surface area contributed by atoms with Crippen LogP contribution in [0.25, 0.3) is 11.1 Å². The summed E-state index contributed by atoms with van der Waals surface area (Å²) in [5.74, 6) is 0.721. The lowest BCUT2D eigenvalue weighted by atomic mass is 10.1. The van der Waals surface area contributed by atoms with E-state index in [-0.39, 0.29) is 5.91 Å².